The first-order valence-electron chi connectivity index (χ1n) is 7.23. The molecule has 0 spiro atoms. The van der Waals surface area contributed by atoms with Crippen molar-refractivity contribution < 1.29 is 38.9 Å². The molecule has 1 heterocycles. The molecule has 0 fully saturated rings. The molecule has 0 amide bonds. The molecule has 3 N–H and O–H groups in total. The number of esters is 2. The summed E-state index contributed by atoms with van der Waals surface area (Å²) in [4.78, 5) is 41.5. The van der Waals surface area contributed by atoms with Crippen LogP contribution in [0, 0.1) is 0 Å². The molecule has 0 saturated heterocycles. The lowest BCUT2D eigenvalue weighted by Crippen LogP contribution is -2.24. The number of carboxylic acid groups (broad SMARTS) is 2. The van der Waals surface area contributed by atoms with E-state index in [4.69, 9.17) is 19.7 Å². The topological polar surface area (TPSA) is 139 Å². The molecular weight excluding hydrogens is 322 g/mol. The highest BCUT2D eigenvalue weighted by molar-refractivity contribution is 5.89. The summed E-state index contributed by atoms with van der Waals surface area (Å²) in [6.45, 7) is 3.05. The smallest absolute Gasteiger partial charge is 0.336 e. The zero-order valence-corrected chi connectivity index (χ0v) is 13.3. The monoisotopic (exact) mass is 343 g/mol. The second-order valence-electron chi connectivity index (χ2n) is 4.51. The Balaban J connectivity index is 0.000000561. The molecule has 0 aromatic heterocycles. The molecule has 1 aliphatic heterocycles. The fraction of sp³-hybridized carbons (Fsp3) is 0.467. The van der Waals surface area contributed by atoms with Crippen molar-refractivity contribution in [2.24, 2.45) is 0 Å². The van der Waals surface area contributed by atoms with Gasteiger partial charge in [0.25, 0.3) is 0 Å². The largest absolute Gasteiger partial charge is 0.478 e. The summed E-state index contributed by atoms with van der Waals surface area (Å²) in [7, 11) is 0. The Kier molecular flexibility index (Phi) is 11.4. The van der Waals surface area contributed by atoms with Gasteiger partial charge in [-0.2, -0.15) is 0 Å². The van der Waals surface area contributed by atoms with Crippen LogP contribution in [-0.2, 0) is 28.7 Å². The summed E-state index contributed by atoms with van der Waals surface area (Å²) in [5.74, 6) is -3.25. The maximum Gasteiger partial charge on any atom is 0.336 e. The molecule has 0 atom stereocenters. The highest BCUT2D eigenvalue weighted by atomic mass is 16.7. The van der Waals surface area contributed by atoms with Gasteiger partial charge in [-0.25, -0.2) is 14.4 Å². The number of hydrogen-bond donors (Lipinski definition) is 3. The lowest BCUT2D eigenvalue weighted by molar-refractivity contribution is -0.164. The van der Waals surface area contributed by atoms with Crippen molar-refractivity contribution in [3.05, 3.63) is 23.8 Å². The Labute approximate surface area is 138 Å². The Bertz CT molecular complexity index is 494. The molecule has 0 radical (unpaired) electrons. The van der Waals surface area contributed by atoms with E-state index < -0.39 is 17.9 Å². The molecule has 1 aliphatic rings. The van der Waals surface area contributed by atoms with Gasteiger partial charge in [-0.1, -0.05) is 13.0 Å². The molecule has 0 aromatic carbocycles. The summed E-state index contributed by atoms with van der Waals surface area (Å²) in [6, 6.07) is 0. The standard InChI is InChI=1S/C11H17NO4.C4H4O4/c1-2-3-10(13)15-8-16-11(14)9-4-6-12-7-5-9;5-3(6)1-2-4(7)8/h4,12H,2-3,5-8H2,1H3;1-2H,(H,5,6)(H,7,8)/b;2-1+. The predicted octanol–water partition coefficient (Wildman–Crippen LogP) is 0.462. The first kappa shape index (κ1) is 21.3. The number of carbonyl (C=O) groups excluding carboxylic acids is 2. The maximum atomic E-state index is 11.4. The van der Waals surface area contributed by atoms with Crippen LogP contribution >= 0.6 is 0 Å². The van der Waals surface area contributed by atoms with E-state index in [1.807, 2.05) is 6.92 Å². The molecule has 0 aliphatic carbocycles. The van der Waals surface area contributed by atoms with Crippen LogP contribution in [0.3, 0.4) is 0 Å². The number of hydrogen-bond acceptors (Lipinski definition) is 7. The highest BCUT2D eigenvalue weighted by Crippen LogP contribution is 2.06. The van der Waals surface area contributed by atoms with Crippen LogP contribution in [0.25, 0.3) is 0 Å². The van der Waals surface area contributed by atoms with E-state index >= 15 is 0 Å². The SMILES string of the molecule is CCCC(=O)OCOC(=O)C1=CCNCC1.O=C(O)/C=C/C(=O)O. The minimum absolute atomic E-state index is 0.289. The van der Waals surface area contributed by atoms with Crippen molar-refractivity contribution in [1.82, 2.24) is 5.32 Å². The van der Waals surface area contributed by atoms with Crippen molar-refractivity contribution in [3.8, 4) is 0 Å². The van der Waals surface area contributed by atoms with Gasteiger partial charge in [0.2, 0.25) is 6.79 Å². The second-order valence-corrected chi connectivity index (χ2v) is 4.51. The van der Waals surface area contributed by atoms with Crippen molar-refractivity contribution >= 4 is 23.9 Å². The Morgan fingerprint density at radius 1 is 1.17 bits per heavy atom. The van der Waals surface area contributed by atoms with Crippen molar-refractivity contribution in [2.75, 3.05) is 19.9 Å². The molecule has 24 heavy (non-hydrogen) atoms. The van der Waals surface area contributed by atoms with E-state index in [0.29, 0.717) is 37.1 Å². The second kappa shape index (κ2) is 12.8. The third-order valence-electron chi connectivity index (χ3n) is 2.56. The lowest BCUT2D eigenvalue weighted by atomic mass is 10.1. The van der Waals surface area contributed by atoms with Gasteiger partial charge < -0.3 is 25.0 Å². The van der Waals surface area contributed by atoms with E-state index in [-0.39, 0.29) is 12.8 Å². The van der Waals surface area contributed by atoms with Crippen LogP contribution in [-0.4, -0.2) is 54.0 Å². The molecular formula is C15H21NO8. The zero-order valence-electron chi connectivity index (χ0n) is 13.3. The van der Waals surface area contributed by atoms with E-state index in [9.17, 15) is 19.2 Å². The van der Waals surface area contributed by atoms with Crippen LogP contribution in [0.5, 0.6) is 0 Å². The number of nitrogens with one attached hydrogen (secondary N) is 1. The summed E-state index contributed by atoms with van der Waals surface area (Å²) in [5.41, 5.74) is 0.644. The number of carbonyl (C=O) groups is 4. The predicted molar refractivity (Wildman–Crippen MR) is 81.9 cm³/mol. The highest BCUT2D eigenvalue weighted by Gasteiger charge is 2.13. The average molecular weight is 343 g/mol. The Hall–Kier alpha value is -2.68. The summed E-state index contributed by atoms with van der Waals surface area (Å²) < 4.78 is 9.54. The molecule has 134 valence electrons. The third kappa shape index (κ3) is 11.9. The number of carboxylic acids is 2. The van der Waals surface area contributed by atoms with E-state index in [1.165, 1.54) is 0 Å². The third-order valence-corrected chi connectivity index (χ3v) is 2.56. The Morgan fingerprint density at radius 3 is 2.25 bits per heavy atom. The molecule has 9 heteroatoms. The van der Waals surface area contributed by atoms with Gasteiger partial charge in [0.1, 0.15) is 0 Å². The number of rotatable bonds is 7. The molecule has 9 nitrogen and oxygen atoms in total. The fourth-order valence-electron chi connectivity index (χ4n) is 1.47. The Morgan fingerprint density at radius 2 is 1.79 bits per heavy atom. The van der Waals surface area contributed by atoms with Crippen LogP contribution in [0.1, 0.15) is 26.2 Å². The van der Waals surface area contributed by atoms with E-state index in [1.54, 1.807) is 6.08 Å². The van der Waals surface area contributed by atoms with Crippen LogP contribution in [0.2, 0.25) is 0 Å². The van der Waals surface area contributed by atoms with E-state index in [0.717, 1.165) is 13.0 Å². The normalized spacial score (nSPS) is 13.3. The fourth-order valence-corrected chi connectivity index (χ4v) is 1.47. The number of ether oxygens (including phenoxy) is 2. The number of aliphatic carboxylic acids is 2. The quantitative estimate of drug-likeness (QED) is 0.342. The van der Waals surface area contributed by atoms with Crippen molar-refractivity contribution in [2.45, 2.75) is 26.2 Å². The molecule has 0 aromatic rings. The van der Waals surface area contributed by atoms with Crippen molar-refractivity contribution in [3.63, 3.8) is 0 Å². The summed E-state index contributed by atoms with van der Waals surface area (Å²) in [5, 5.41) is 18.7. The van der Waals surface area contributed by atoms with Gasteiger partial charge in [0, 0.05) is 30.7 Å². The molecule has 1 rings (SSSR count). The van der Waals surface area contributed by atoms with Crippen LogP contribution in [0.15, 0.2) is 23.8 Å². The van der Waals surface area contributed by atoms with Gasteiger partial charge in [0.05, 0.1) is 0 Å². The lowest BCUT2D eigenvalue weighted by Gasteiger charge is -2.13. The average Bonchev–Trinajstić information content (AvgIpc) is 2.54. The summed E-state index contributed by atoms with van der Waals surface area (Å²) in [6.07, 6.45) is 4.64. The first-order chi connectivity index (χ1) is 11.4. The molecule has 0 unspecified atom stereocenters. The van der Waals surface area contributed by atoms with Gasteiger partial charge in [-0.05, 0) is 19.4 Å². The van der Waals surface area contributed by atoms with E-state index in [2.05, 4.69) is 5.32 Å². The van der Waals surface area contributed by atoms with Gasteiger partial charge in [0.15, 0.2) is 0 Å². The van der Waals surface area contributed by atoms with Crippen LogP contribution in [0.4, 0.5) is 0 Å². The minimum Gasteiger partial charge on any atom is -0.478 e. The first-order valence-corrected chi connectivity index (χ1v) is 7.23. The summed E-state index contributed by atoms with van der Waals surface area (Å²) >= 11 is 0. The van der Waals surface area contributed by atoms with Crippen molar-refractivity contribution in [1.29, 1.82) is 0 Å². The van der Waals surface area contributed by atoms with Crippen LogP contribution < -0.4 is 5.32 Å². The van der Waals surface area contributed by atoms with Gasteiger partial charge in [-0.3, -0.25) is 4.79 Å². The molecule has 0 saturated carbocycles. The minimum atomic E-state index is -1.26. The van der Waals surface area contributed by atoms with Gasteiger partial charge in [-0.15, -0.1) is 0 Å². The van der Waals surface area contributed by atoms with Gasteiger partial charge >= 0.3 is 23.9 Å². The maximum absolute atomic E-state index is 11.4. The molecule has 0 bridgehead atoms. The zero-order chi connectivity index (χ0) is 18.4.